The van der Waals surface area contributed by atoms with Gasteiger partial charge in [0.05, 0.1) is 13.2 Å². The van der Waals surface area contributed by atoms with Crippen LogP contribution in [0.1, 0.15) is 65.2 Å². The summed E-state index contributed by atoms with van der Waals surface area (Å²) in [5.41, 5.74) is 9.07. The number of nitrogens with one attached hydrogen (secondary N) is 2. The average Bonchev–Trinajstić information content (AvgIpc) is 3.65. The molecule has 2 aromatic carbocycles. The Morgan fingerprint density at radius 3 is 1.50 bits per heavy atom. The second-order valence-corrected chi connectivity index (χ2v) is 30.6. The molecule has 0 saturated carbocycles. The fourth-order valence-electron chi connectivity index (χ4n) is 6.95. The van der Waals surface area contributed by atoms with Crippen molar-refractivity contribution in [3.05, 3.63) is 95.1 Å². The van der Waals surface area contributed by atoms with Crippen LogP contribution in [0.4, 0.5) is 11.4 Å². The van der Waals surface area contributed by atoms with Crippen LogP contribution < -0.4 is 20.1 Å². The van der Waals surface area contributed by atoms with Crippen molar-refractivity contribution >= 4 is 34.1 Å². The molecule has 0 aromatic heterocycles. The van der Waals surface area contributed by atoms with Crippen molar-refractivity contribution in [1.29, 1.82) is 0 Å². The van der Waals surface area contributed by atoms with Crippen molar-refractivity contribution in [3.8, 4) is 11.5 Å². The third kappa shape index (κ3) is 8.53. The first-order valence-corrected chi connectivity index (χ1v) is 25.9. The number of hydrogen-bond donors (Lipinski definition) is 2. The Morgan fingerprint density at radius 2 is 1.11 bits per heavy atom. The number of anilines is 2. The van der Waals surface area contributed by atoms with E-state index in [1.807, 2.05) is 73.5 Å². The molecule has 2 unspecified atom stereocenters. The maximum atomic E-state index is 5.40. The Hall–Kier alpha value is -2.21. The Labute approximate surface area is 278 Å². The van der Waals surface area contributed by atoms with E-state index in [9.17, 15) is 0 Å². The fraction of sp³-hybridized carbons (Fsp3) is 0.432. The van der Waals surface area contributed by atoms with Crippen molar-refractivity contribution < 1.29 is 29.8 Å². The second-order valence-electron chi connectivity index (χ2n) is 12.1. The first-order valence-electron chi connectivity index (χ1n) is 16.5. The third-order valence-corrected chi connectivity index (χ3v) is 28.4. The zero-order valence-corrected chi connectivity index (χ0v) is 31.2. The molecule has 4 aliphatic rings. The van der Waals surface area contributed by atoms with E-state index in [1.165, 1.54) is 51.4 Å². The summed E-state index contributed by atoms with van der Waals surface area (Å²) in [7, 11) is 0. The molecule has 0 saturated heterocycles. The molecule has 7 heteroatoms. The molecule has 232 valence electrons. The quantitative estimate of drug-likeness (QED) is 0.212. The summed E-state index contributed by atoms with van der Waals surface area (Å²) in [6, 6.07) is 15.3. The Kier molecular flexibility index (Phi) is 12.3. The molecule has 0 amide bonds. The summed E-state index contributed by atoms with van der Waals surface area (Å²) in [6.45, 7) is 10.5. The number of thiocarbonyl (C=S) groups is 1. The van der Waals surface area contributed by atoms with E-state index in [0.717, 1.165) is 30.1 Å². The molecule has 4 aliphatic carbocycles. The number of hydrogen-bond acceptors (Lipinski definition) is 3. The topological polar surface area (TPSA) is 42.5 Å². The van der Waals surface area contributed by atoms with Crippen molar-refractivity contribution in [1.82, 2.24) is 0 Å². The van der Waals surface area contributed by atoms with E-state index in [0.29, 0.717) is 18.3 Å². The van der Waals surface area contributed by atoms with Crippen LogP contribution in [0.2, 0.25) is 20.3 Å². The number of benzene rings is 2. The summed E-state index contributed by atoms with van der Waals surface area (Å²) in [5.74, 6) is 1.69. The molecule has 4 nitrogen and oxygen atoms in total. The van der Waals surface area contributed by atoms with E-state index < -0.39 is 20.4 Å². The van der Waals surface area contributed by atoms with Crippen LogP contribution in [0.5, 0.6) is 11.5 Å². The summed E-state index contributed by atoms with van der Waals surface area (Å²) >= 11 is 3.82. The van der Waals surface area contributed by atoms with Gasteiger partial charge in [-0.1, -0.05) is 0 Å². The van der Waals surface area contributed by atoms with Crippen LogP contribution in [-0.4, -0.2) is 23.8 Å². The Morgan fingerprint density at radius 1 is 0.705 bits per heavy atom. The summed E-state index contributed by atoms with van der Waals surface area (Å²) in [6.07, 6.45) is 21.8. The zero-order chi connectivity index (χ0) is 30.9. The van der Waals surface area contributed by atoms with Gasteiger partial charge in [-0.2, -0.15) is 0 Å². The monoisotopic (exact) mass is 702 g/mol. The predicted octanol–water partition coefficient (Wildman–Crippen LogP) is 10.6. The van der Waals surface area contributed by atoms with Gasteiger partial charge in [0, 0.05) is 11.4 Å². The predicted molar refractivity (Wildman–Crippen MR) is 189 cm³/mol. The molecule has 44 heavy (non-hydrogen) atoms. The Bertz CT molecular complexity index is 1370. The molecule has 0 fully saturated rings. The van der Waals surface area contributed by atoms with Crippen molar-refractivity contribution in [2.24, 2.45) is 0 Å². The molecule has 0 aliphatic heterocycles. The Balaban J connectivity index is 0.000000175. The van der Waals surface area contributed by atoms with Gasteiger partial charge in [0.2, 0.25) is 0 Å². The van der Waals surface area contributed by atoms with Gasteiger partial charge in [0.15, 0.2) is 5.11 Å². The summed E-state index contributed by atoms with van der Waals surface area (Å²) < 4.78 is 12.7. The van der Waals surface area contributed by atoms with Crippen LogP contribution >= 0.6 is 12.2 Å². The van der Waals surface area contributed by atoms with Gasteiger partial charge in [-0.05, 0) is 74.6 Å². The van der Waals surface area contributed by atoms with Crippen molar-refractivity contribution in [3.63, 3.8) is 0 Å². The summed E-state index contributed by atoms with van der Waals surface area (Å²) in [4.78, 5) is 0. The van der Waals surface area contributed by atoms with Crippen LogP contribution in [0.15, 0.2) is 95.1 Å². The second kappa shape index (κ2) is 16.4. The van der Waals surface area contributed by atoms with E-state index in [2.05, 4.69) is 48.0 Å². The minimum atomic E-state index is -1.48. The molecule has 2 aromatic rings. The molecule has 6 rings (SSSR count). The van der Waals surface area contributed by atoms with Gasteiger partial charge < -0.3 is 20.1 Å². The molecule has 2 N–H and O–H groups in total. The van der Waals surface area contributed by atoms with E-state index in [1.54, 1.807) is 11.1 Å². The van der Waals surface area contributed by atoms with Crippen LogP contribution in [0, 0.1) is 0 Å². The van der Waals surface area contributed by atoms with Crippen LogP contribution in [0.3, 0.4) is 0 Å². The van der Waals surface area contributed by atoms with E-state index in [-0.39, 0.29) is 5.43 Å². The van der Waals surface area contributed by atoms with E-state index in [4.69, 9.17) is 21.7 Å². The van der Waals surface area contributed by atoms with Gasteiger partial charge in [-0.25, -0.2) is 0 Å². The standard InChI is InChI=1S/C17H20N2O2S.2C9H11.C2H6Si.Zr/c1-3-20-15-9-5-13(6-10-15)18-17(22)19-14-7-11-16(12-8-14)21-4-2;2*1-2-5-9-7-3-6-8(9)4-1;1-3-2;/h5-12H,3-4H2,1-2H3,(H2,18,19,22);2*3,6-7H,1-2,4-5H2;1-2H3;. The molecule has 0 radical (unpaired) electrons. The summed E-state index contributed by atoms with van der Waals surface area (Å²) in [5, 5.41) is 6.80. The van der Waals surface area contributed by atoms with Gasteiger partial charge in [-0.3, -0.25) is 0 Å². The molecule has 0 spiro atoms. The van der Waals surface area contributed by atoms with Gasteiger partial charge in [-0.15, -0.1) is 0 Å². The number of rotatable bonds is 8. The normalized spacial score (nSPS) is 19.9. The van der Waals surface area contributed by atoms with Crippen molar-refractivity contribution in [2.75, 3.05) is 23.8 Å². The number of ether oxygens (including phenoxy) is 2. The van der Waals surface area contributed by atoms with Crippen molar-refractivity contribution in [2.45, 2.75) is 85.6 Å². The molecular formula is C37H48N2O2SSiZr. The minimum absolute atomic E-state index is 0.112. The van der Waals surface area contributed by atoms with Gasteiger partial charge in [0.1, 0.15) is 11.5 Å². The molecule has 2 atom stereocenters. The molecular weight excluding hydrogens is 656 g/mol. The number of allylic oxidation sites excluding steroid dienone is 8. The maximum absolute atomic E-state index is 5.40. The average molecular weight is 704 g/mol. The van der Waals surface area contributed by atoms with Gasteiger partial charge >= 0.3 is 144 Å². The van der Waals surface area contributed by atoms with Crippen LogP contribution in [0.25, 0.3) is 0 Å². The molecule has 0 bridgehead atoms. The first-order chi connectivity index (χ1) is 21.5. The third-order valence-electron chi connectivity index (χ3n) is 8.93. The zero-order valence-electron chi connectivity index (χ0n) is 26.9. The fourth-order valence-corrected chi connectivity index (χ4v) is 26.7. The van der Waals surface area contributed by atoms with Crippen LogP contribution in [-0.2, 0) is 20.4 Å². The van der Waals surface area contributed by atoms with E-state index >= 15 is 0 Å². The van der Waals surface area contributed by atoms with Gasteiger partial charge in [0.25, 0.3) is 0 Å². The first kappa shape index (κ1) is 33.2. The molecule has 0 heterocycles. The SMILES string of the molecule is CCOc1ccc(NC(=S)Nc2ccc(OCC)cc2)cc1.C[Si](C)=[Zr]([CH]1C=CC2=C1CCCC2)[CH]1C=CC2=C1CCCC2.